The fraction of sp³-hybridized carbons (Fsp3) is 0.833. The van der Waals surface area contributed by atoms with Gasteiger partial charge in [-0.05, 0) is 25.7 Å². The van der Waals surface area contributed by atoms with Crippen LogP contribution >= 0.6 is 0 Å². The highest BCUT2D eigenvalue weighted by molar-refractivity contribution is 6.42. The number of oxime groups is 2. The van der Waals surface area contributed by atoms with Gasteiger partial charge in [-0.25, -0.2) is 0 Å². The third kappa shape index (κ3) is 4.64. The van der Waals surface area contributed by atoms with Gasteiger partial charge in [0.25, 0.3) is 0 Å². The number of hydrogen-bond acceptors (Lipinski definition) is 4. The van der Waals surface area contributed by atoms with Crippen molar-refractivity contribution in [1.29, 1.82) is 0 Å². The van der Waals surface area contributed by atoms with Crippen molar-refractivity contribution in [3.8, 4) is 0 Å². The van der Waals surface area contributed by atoms with Gasteiger partial charge < -0.3 is 10.4 Å². The Hall–Kier alpha value is -1.06. The zero-order valence-electron chi connectivity index (χ0n) is 9.86. The third-order valence-electron chi connectivity index (χ3n) is 3.15. The van der Waals surface area contributed by atoms with Crippen LogP contribution in [0.3, 0.4) is 0 Å². The minimum absolute atomic E-state index is 0.558. The first-order valence-corrected chi connectivity index (χ1v) is 6.30. The summed E-state index contributed by atoms with van der Waals surface area (Å²) >= 11 is 0. The molecule has 0 amide bonds. The van der Waals surface area contributed by atoms with Crippen LogP contribution in [-0.2, 0) is 0 Å². The SMILES string of the molecule is O/N=C1/CCCCCCCCCC/C1=N\O. The van der Waals surface area contributed by atoms with E-state index in [1.54, 1.807) is 0 Å². The maximum absolute atomic E-state index is 8.89. The van der Waals surface area contributed by atoms with Crippen LogP contribution in [0.15, 0.2) is 10.3 Å². The van der Waals surface area contributed by atoms with E-state index in [-0.39, 0.29) is 0 Å². The maximum Gasteiger partial charge on any atom is 0.104 e. The van der Waals surface area contributed by atoms with Gasteiger partial charge in [0.1, 0.15) is 11.4 Å². The first-order chi connectivity index (χ1) is 7.88. The van der Waals surface area contributed by atoms with Crippen molar-refractivity contribution in [3.05, 3.63) is 0 Å². The second-order valence-corrected chi connectivity index (χ2v) is 4.42. The summed E-state index contributed by atoms with van der Waals surface area (Å²) in [6.45, 7) is 0. The Labute approximate surface area is 97.0 Å². The molecule has 0 bridgehead atoms. The van der Waals surface area contributed by atoms with Crippen LogP contribution in [-0.4, -0.2) is 21.8 Å². The summed E-state index contributed by atoms with van der Waals surface area (Å²) in [5.74, 6) is 0. The standard InChI is InChI=1S/C12H22N2O2/c15-13-11-9-7-5-3-1-2-4-6-8-10-12(11)14-16/h15-16H,1-10H2/b13-11-,14-12+. The molecule has 0 aromatic heterocycles. The van der Waals surface area contributed by atoms with Crippen LogP contribution < -0.4 is 0 Å². The summed E-state index contributed by atoms with van der Waals surface area (Å²) in [5.41, 5.74) is 1.12. The van der Waals surface area contributed by atoms with Gasteiger partial charge in [-0.2, -0.15) is 0 Å². The third-order valence-corrected chi connectivity index (χ3v) is 3.15. The van der Waals surface area contributed by atoms with Crippen LogP contribution in [0, 0.1) is 0 Å². The van der Waals surface area contributed by atoms with Crippen LogP contribution in [0.25, 0.3) is 0 Å². The van der Waals surface area contributed by atoms with E-state index < -0.39 is 0 Å². The van der Waals surface area contributed by atoms with Gasteiger partial charge in [0.05, 0.1) is 0 Å². The van der Waals surface area contributed by atoms with Gasteiger partial charge in [0.15, 0.2) is 0 Å². The van der Waals surface area contributed by atoms with Crippen molar-refractivity contribution < 1.29 is 10.4 Å². The molecule has 0 radical (unpaired) electrons. The Morgan fingerprint density at radius 1 is 0.562 bits per heavy atom. The zero-order valence-corrected chi connectivity index (χ0v) is 9.86. The van der Waals surface area contributed by atoms with E-state index in [0.29, 0.717) is 11.4 Å². The lowest BCUT2D eigenvalue weighted by Gasteiger charge is -2.09. The molecule has 1 rings (SSSR count). The van der Waals surface area contributed by atoms with Crippen molar-refractivity contribution in [2.24, 2.45) is 10.3 Å². The molecule has 4 heteroatoms. The maximum atomic E-state index is 8.89. The molecule has 1 aliphatic carbocycles. The molecule has 0 aromatic rings. The van der Waals surface area contributed by atoms with Crippen LogP contribution in [0.4, 0.5) is 0 Å². The zero-order chi connectivity index (χ0) is 11.6. The summed E-state index contributed by atoms with van der Waals surface area (Å²) in [7, 11) is 0. The number of nitrogens with zero attached hydrogens (tertiary/aromatic N) is 2. The van der Waals surface area contributed by atoms with Crippen molar-refractivity contribution >= 4 is 11.4 Å². The van der Waals surface area contributed by atoms with E-state index in [4.69, 9.17) is 10.4 Å². The summed E-state index contributed by atoms with van der Waals surface area (Å²) in [5, 5.41) is 24.3. The molecule has 0 aromatic carbocycles. The fourth-order valence-corrected chi connectivity index (χ4v) is 2.15. The summed E-state index contributed by atoms with van der Waals surface area (Å²) in [6.07, 6.45) is 10.9. The Bertz CT molecular complexity index is 223. The first kappa shape index (κ1) is 13.0. The Kier molecular flexibility index (Phi) is 6.61. The van der Waals surface area contributed by atoms with E-state index in [2.05, 4.69) is 10.3 Å². The molecule has 0 atom stereocenters. The topological polar surface area (TPSA) is 65.2 Å². The van der Waals surface area contributed by atoms with Gasteiger partial charge >= 0.3 is 0 Å². The number of rotatable bonds is 0. The molecule has 16 heavy (non-hydrogen) atoms. The monoisotopic (exact) mass is 226 g/mol. The van der Waals surface area contributed by atoms with E-state index in [1.165, 1.54) is 25.7 Å². The van der Waals surface area contributed by atoms with Gasteiger partial charge in [0, 0.05) is 0 Å². The molecule has 0 saturated heterocycles. The summed E-state index contributed by atoms with van der Waals surface area (Å²) in [6, 6.07) is 0. The summed E-state index contributed by atoms with van der Waals surface area (Å²) in [4.78, 5) is 0. The second kappa shape index (κ2) is 8.13. The average molecular weight is 226 g/mol. The highest BCUT2D eigenvalue weighted by Gasteiger charge is 2.11. The average Bonchev–Trinajstić information content (AvgIpc) is 2.30. The lowest BCUT2D eigenvalue weighted by atomic mass is 9.99. The Morgan fingerprint density at radius 2 is 0.875 bits per heavy atom. The summed E-state index contributed by atoms with van der Waals surface area (Å²) < 4.78 is 0. The van der Waals surface area contributed by atoms with Gasteiger partial charge in [0.2, 0.25) is 0 Å². The number of hydrogen-bond donors (Lipinski definition) is 2. The highest BCUT2D eigenvalue weighted by Crippen LogP contribution is 2.14. The molecular formula is C12H22N2O2. The molecule has 0 unspecified atom stereocenters. The molecule has 1 saturated carbocycles. The molecule has 92 valence electrons. The molecule has 0 aliphatic heterocycles. The normalized spacial score (nSPS) is 26.2. The fourth-order valence-electron chi connectivity index (χ4n) is 2.15. The molecule has 0 spiro atoms. The minimum Gasteiger partial charge on any atom is -0.411 e. The smallest absolute Gasteiger partial charge is 0.104 e. The van der Waals surface area contributed by atoms with Gasteiger partial charge in [-0.1, -0.05) is 48.8 Å². The Balaban J connectivity index is 2.53. The van der Waals surface area contributed by atoms with Crippen LogP contribution in [0.1, 0.15) is 64.2 Å². The molecule has 1 aliphatic rings. The van der Waals surface area contributed by atoms with E-state index in [9.17, 15) is 0 Å². The van der Waals surface area contributed by atoms with E-state index in [1.807, 2.05) is 0 Å². The molecule has 1 fully saturated rings. The van der Waals surface area contributed by atoms with Crippen molar-refractivity contribution in [2.45, 2.75) is 64.2 Å². The largest absolute Gasteiger partial charge is 0.411 e. The molecule has 4 nitrogen and oxygen atoms in total. The van der Waals surface area contributed by atoms with Crippen molar-refractivity contribution in [1.82, 2.24) is 0 Å². The highest BCUT2D eigenvalue weighted by atomic mass is 16.4. The predicted molar refractivity (Wildman–Crippen MR) is 64.6 cm³/mol. The molecule has 2 N–H and O–H groups in total. The van der Waals surface area contributed by atoms with Gasteiger partial charge in [-0.15, -0.1) is 0 Å². The van der Waals surface area contributed by atoms with Crippen LogP contribution in [0.5, 0.6) is 0 Å². The van der Waals surface area contributed by atoms with Crippen molar-refractivity contribution in [3.63, 3.8) is 0 Å². The van der Waals surface area contributed by atoms with E-state index >= 15 is 0 Å². The second-order valence-electron chi connectivity index (χ2n) is 4.42. The van der Waals surface area contributed by atoms with Crippen molar-refractivity contribution in [2.75, 3.05) is 0 Å². The quantitative estimate of drug-likeness (QED) is 0.490. The van der Waals surface area contributed by atoms with Crippen LogP contribution in [0.2, 0.25) is 0 Å². The first-order valence-electron chi connectivity index (χ1n) is 6.30. The Morgan fingerprint density at radius 3 is 1.19 bits per heavy atom. The lowest BCUT2D eigenvalue weighted by Crippen LogP contribution is -2.15. The predicted octanol–water partition coefficient (Wildman–Crippen LogP) is 3.56. The van der Waals surface area contributed by atoms with E-state index in [0.717, 1.165) is 38.5 Å². The van der Waals surface area contributed by atoms with Gasteiger partial charge in [-0.3, -0.25) is 0 Å². The minimum atomic E-state index is 0.558. The lowest BCUT2D eigenvalue weighted by molar-refractivity contribution is 0.311. The molecular weight excluding hydrogens is 204 g/mol. The molecule has 0 heterocycles.